The van der Waals surface area contributed by atoms with Gasteiger partial charge >= 0.3 is 0 Å². The first-order valence-corrected chi connectivity index (χ1v) is 6.28. The molecule has 92 valence electrons. The van der Waals surface area contributed by atoms with E-state index in [2.05, 4.69) is 29.5 Å². The van der Waals surface area contributed by atoms with Crippen molar-refractivity contribution < 1.29 is 4.74 Å². The van der Waals surface area contributed by atoms with E-state index >= 15 is 0 Å². The number of nitrogens with zero attached hydrogens (tertiary/aromatic N) is 2. The molecule has 2 aliphatic heterocycles. The molecule has 3 N–H and O–H groups in total. The normalized spacial score (nSPS) is 49.3. The molecule has 0 radical (unpaired) electrons. The van der Waals surface area contributed by atoms with Gasteiger partial charge in [0, 0.05) is 26.7 Å². The summed E-state index contributed by atoms with van der Waals surface area (Å²) in [5.74, 6) is 6.87. The topological polar surface area (TPSA) is 57.1 Å². The van der Waals surface area contributed by atoms with Crippen LogP contribution in [0.3, 0.4) is 0 Å². The Morgan fingerprint density at radius 1 is 1.25 bits per heavy atom. The summed E-state index contributed by atoms with van der Waals surface area (Å²) < 4.78 is 5.61. The van der Waals surface area contributed by atoms with Gasteiger partial charge in [-0.1, -0.05) is 6.42 Å². The van der Waals surface area contributed by atoms with Crippen LogP contribution in [-0.4, -0.2) is 49.0 Å². The third-order valence-corrected chi connectivity index (χ3v) is 4.69. The lowest BCUT2D eigenvalue weighted by atomic mass is 9.75. The lowest BCUT2D eigenvalue weighted by molar-refractivity contribution is 0.0386. The summed E-state index contributed by atoms with van der Waals surface area (Å²) in [6, 6.07) is 0.714. The molecular formula is C11H22N4O. The molecule has 5 atom stereocenters. The monoisotopic (exact) mass is 226 g/mol. The highest BCUT2D eigenvalue weighted by Gasteiger charge is 2.53. The van der Waals surface area contributed by atoms with Crippen LogP contribution in [0, 0.1) is 11.8 Å². The second kappa shape index (κ2) is 3.92. The maximum atomic E-state index is 5.61. The molecule has 0 bridgehead atoms. The Morgan fingerprint density at radius 2 is 2.06 bits per heavy atom. The number of rotatable bonds is 2. The number of nitrogens with one attached hydrogen (secondary N) is 1. The Morgan fingerprint density at radius 3 is 2.75 bits per heavy atom. The van der Waals surface area contributed by atoms with Crippen LogP contribution in [0.1, 0.15) is 19.3 Å². The number of ether oxygens (including phenoxy) is 1. The molecule has 16 heavy (non-hydrogen) atoms. The van der Waals surface area contributed by atoms with Gasteiger partial charge in [0.25, 0.3) is 0 Å². The van der Waals surface area contributed by atoms with E-state index in [4.69, 9.17) is 10.6 Å². The predicted octanol–water partition coefficient (Wildman–Crippen LogP) is -0.248. The second-order valence-corrected chi connectivity index (χ2v) is 5.43. The van der Waals surface area contributed by atoms with Crippen LogP contribution in [0.5, 0.6) is 0 Å². The summed E-state index contributed by atoms with van der Waals surface area (Å²) in [4.78, 5) is 0. The summed E-state index contributed by atoms with van der Waals surface area (Å²) in [5, 5.41) is 4.75. The van der Waals surface area contributed by atoms with Gasteiger partial charge in [-0.15, -0.1) is 0 Å². The molecule has 0 aromatic heterocycles. The second-order valence-electron chi connectivity index (χ2n) is 5.43. The molecule has 3 fully saturated rings. The molecule has 3 aliphatic rings. The lowest BCUT2D eigenvalue weighted by Crippen LogP contribution is -2.41. The van der Waals surface area contributed by atoms with E-state index in [0.29, 0.717) is 18.1 Å². The lowest BCUT2D eigenvalue weighted by Gasteiger charge is -2.34. The zero-order chi connectivity index (χ0) is 11.3. The van der Waals surface area contributed by atoms with E-state index in [9.17, 15) is 0 Å². The Labute approximate surface area is 96.8 Å². The van der Waals surface area contributed by atoms with Gasteiger partial charge in [-0.2, -0.15) is 0 Å². The maximum absolute atomic E-state index is 5.61. The Kier molecular flexibility index (Phi) is 2.68. The molecule has 0 amide bonds. The number of hydrazine groups is 2. The van der Waals surface area contributed by atoms with Crippen molar-refractivity contribution in [3.05, 3.63) is 0 Å². The minimum atomic E-state index is 0.111. The molecule has 1 saturated carbocycles. The van der Waals surface area contributed by atoms with E-state index < -0.39 is 0 Å². The fraction of sp³-hybridized carbons (Fsp3) is 1.00. The summed E-state index contributed by atoms with van der Waals surface area (Å²) >= 11 is 0. The molecule has 2 saturated heterocycles. The number of epoxide rings is 1. The molecule has 5 unspecified atom stereocenters. The minimum Gasteiger partial charge on any atom is -0.352 e. The third kappa shape index (κ3) is 1.58. The molecule has 2 heterocycles. The molecule has 0 aromatic rings. The average molecular weight is 226 g/mol. The van der Waals surface area contributed by atoms with Crippen molar-refractivity contribution in [2.45, 2.75) is 37.6 Å². The van der Waals surface area contributed by atoms with Crippen molar-refractivity contribution in [3.63, 3.8) is 0 Å². The van der Waals surface area contributed by atoms with Gasteiger partial charge in [0.15, 0.2) is 0 Å². The maximum Gasteiger partial charge on any atom is 0.147 e. The van der Waals surface area contributed by atoms with Crippen molar-refractivity contribution in [2.75, 3.05) is 20.6 Å². The van der Waals surface area contributed by atoms with E-state index in [-0.39, 0.29) is 6.23 Å². The number of hydrogen-bond donors (Lipinski definition) is 2. The highest BCUT2D eigenvalue weighted by atomic mass is 16.6. The van der Waals surface area contributed by atoms with Gasteiger partial charge in [0.05, 0.1) is 0 Å². The van der Waals surface area contributed by atoms with E-state index in [1.54, 1.807) is 0 Å². The first-order chi connectivity index (χ1) is 7.72. The van der Waals surface area contributed by atoms with Crippen LogP contribution in [0.2, 0.25) is 0 Å². The molecular weight excluding hydrogens is 204 g/mol. The van der Waals surface area contributed by atoms with Gasteiger partial charge in [0.1, 0.15) is 12.3 Å². The van der Waals surface area contributed by atoms with Gasteiger partial charge < -0.3 is 4.74 Å². The average Bonchev–Trinajstić information content (AvgIpc) is 3.02. The molecule has 5 nitrogen and oxygen atoms in total. The molecule has 0 spiro atoms. The van der Waals surface area contributed by atoms with E-state index in [1.165, 1.54) is 25.8 Å². The zero-order valence-electron chi connectivity index (χ0n) is 10.1. The van der Waals surface area contributed by atoms with Crippen LogP contribution in [0.4, 0.5) is 0 Å². The molecule has 3 rings (SSSR count). The molecule has 0 aromatic carbocycles. The number of nitrogens with two attached hydrogens (primary N) is 1. The number of fused-ring (bicyclic) bond motifs is 1. The van der Waals surface area contributed by atoms with Gasteiger partial charge in [0.2, 0.25) is 0 Å². The smallest absolute Gasteiger partial charge is 0.147 e. The standard InChI is InChI=1S/C11H22N4O/c1-14-6-8-7(10-11(13-12)16-10)4-3-5-9(8)15(14)2/h7-11,13H,3-6,12H2,1-2H3. The molecule has 5 heteroatoms. The van der Waals surface area contributed by atoms with Crippen molar-refractivity contribution in [3.8, 4) is 0 Å². The van der Waals surface area contributed by atoms with Crippen molar-refractivity contribution >= 4 is 0 Å². The van der Waals surface area contributed by atoms with Crippen LogP contribution in [-0.2, 0) is 4.74 Å². The quantitative estimate of drug-likeness (QED) is 0.386. The Hall–Kier alpha value is -0.200. The Balaban J connectivity index is 1.71. The largest absolute Gasteiger partial charge is 0.352 e. The summed E-state index contributed by atoms with van der Waals surface area (Å²) in [5.41, 5.74) is 2.74. The first kappa shape index (κ1) is 10.9. The summed E-state index contributed by atoms with van der Waals surface area (Å²) in [7, 11) is 4.39. The minimum absolute atomic E-state index is 0.111. The van der Waals surface area contributed by atoms with Crippen molar-refractivity contribution in [2.24, 2.45) is 17.7 Å². The van der Waals surface area contributed by atoms with Crippen molar-refractivity contribution in [1.29, 1.82) is 0 Å². The van der Waals surface area contributed by atoms with Gasteiger partial charge in [-0.3, -0.25) is 5.84 Å². The number of hydrogen-bond acceptors (Lipinski definition) is 5. The SMILES string of the molecule is CN1CC2C(C3OC3NN)CCCC2N1C. The van der Waals surface area contributed by atoms with Crippen LogP contribution in [0.15, 0.2) is 0 Å². The summed E-state index contributed by atoms with van der Waals surface area (Å²) in [6.45, 7) is 1.17. The first-order valence-electron chi connectivity index (χ1n) is 6.28. The van der Waals surface area contributed by atoms with Gasteiger partial charge in [-0.25, -0.2) is 15.4 Å². The molecule has 1 aliphatic carbocycles. The van der Waals surface area contributed by atoms with E-state index in [1.807, 2.05) is 0 Å². The van der Waals surface area contributed by atoms with E-state index in [0.717, 1.165) is 5.92 Å². The third-order valence-electron chi connectivity index (χ3n) is 4.69. The fourth-order valence-corrected chi connectivity index (χ4v) is 3.68. The van der Waals surface area contributed by atoms with Crippen LogP contribution in [0.25, 0.3) is 0 Å². The fourth-order valence-electron chi connectivity index (χ4n) is 3.68. The zero-order valence-corrected chi connectivity index (χ0v) is 10.1. The summed E-state index contributed by atoms with van der Waals surface area (Å²) in [6.07, 6.45) is 4.42. The Bertz CT molecular complexity index is 275. The van der Waals surface area contributed by atoms with Crippen LogP contribution >= 0.6 is 0 Å². The highest BCUT2D eigenvalue weighted by molar-refractivity contribution is 5.00. The van der Waals surface area contributed by atoms with Crippen LogP contribution < -0.4 is 11.3 Å². The predicted molar refractivity (Wildman–Crippen MR) is 61.0 cm³/mol. The highest BCUT2D eigenvalue weighted by Crippen LogP contribution is 2.44. The van der Waals surface area contributed by atoms with Crippen molar-refractivity contribution in [1.82, 2.24) is 15.4 Å². The van der Waals surface area contributed by atoms with Gasteiger partial charge in [-0.05, 0) is 24.7 Å².